The number of hydrogen-bond acceptors (Lipinski definition) is 4. The largest absolute Gasteiger partial charge is 0.379 e. The predicted octanol–water partition coefficient (Wildman–Crippen LogP) is 5.77. The zero-order valence-electron chi connectivity index (χ0n) is 12.0. The second kappa shape index (κ2) is 6.67. The fourth-order valence-corrected chi connectivity index (χ4v) is 4.31. The van der Waals surface area contributed by atoms with E-state index in [9.17, 15) is 0 Å². The van der Waals surface area contributed by atoms with Crippen LogP contribution in [0.5, 0.6) is 0 Å². The highest BCUT2D eigenvalue weighted by molar-refractivity contribution is 7.00. The quantitative estimate of drug-likeness (QED) is 0.719. The van der Waals surface area contributed by atoms with E-state index < -0.39 is 0 Å². The van der Waals surface area contributed by atoms with E-state index in [0.29, 0.717) is 16.1 Å². The molecule has 3 rings (SSSR count). The average molecular weight is 344 g/mol. The zero-order valence-corrected chi connectivity index (χ0v) is 14.4. The van der Waals surface area contributed by atoms with Gasteiger partial charge in [-0.3, -0.25) is 0 Å². The van der Waals surface area contributed by atoms with Gasteiger partial charge in [-0.05, 0) is 31.2 Å². The number of nitrogens with zero attached hydrogens (tertiary/aromatic N) is 2. The van der Waals surface area contributed by atoms with Gasteiger partial charge in [0.25, 0.3) is 0 Å². The monoisotopic (exact) mass is 343 g/mol. The first-order valence-electron chi connectivity index (χ1n) is 7.55. The first kappa shape index (κ1) is 15.3. The second-order valence-electron chi connectivity index (χ2n) is 5.80. The summed E-state index contributed by atoms with van der Waals surface area (Å²) in [6, 6.07) is 2.23. The Labute approximate surface area is 139 Å². The first-order valence-corrected chi connectivity index (χ1v) is 9.04. The molecule has 1 aromatic heterocycles. The van der Waals surface area contributed by atoms with Gasteiger partial charge in [0.2, 0.25) is 0 Å². The van der Waals surface area contributed by atoms with Crippen molar-refractivity contribution in [3.05, 3.63) is 16.1 Å². The molecule has 1 heterocycles. The maximum Gasteiger partial charge on any atom is 0.130 e. The molecule has 21 heavy (non-hydrogen) atoms. The molecule has 1 aromatic carbocycles. The molecule has 0 spiro atoms. The van der Waals surface area contributed by atoms with E-state index in [1.165, 1.54) is 50.3 Å². The lowest BCUT2D eigenvalue weighted by atomic mass is 9.98. The van der Waals surface area contributed by atoms with Crippen molar-refractivity contribution in [1.82, 2.24) is 8.75 Å². The topological polar surface area (TPSA) is 37.8 Å². The molecule has 2 atom stereocenters. The van der Waals surface area contributed by atoms with Gasteiger partial charge in [0.05, 0.1) is 27.5 Å². The van der Waals surface area contributed by atoms with Crippen molar-refractivity contribution in [2.24, 2.45) is 5.92 Å². The van der Waals surface area contributed by atoms with E-state index in [-0.39, 0.29) is 0 Å². The number of rotatable bonds is 3. The van der Waals surface area contributed by atoms with E-state index >= 15 is 0 Å². The number of aromatic nitrogens is 2. The highest BCUT2D eigenvalue weighted by Gasteiger charge is 2.21. The van der Waals surface area contributed by atoms with Crippen LogP contribution in [-0.2, 0) is 0 Å². The standard InChI is InChI=1S/C15H19Cl2N3S/c1-2-9-4-3-5-10(7-6-9)18-13-11(16)8-12(17)14-15(13)20-21-19-14/h8-10,18H,2-7H2,1H3. The van der Waals surface area contributed by atoms with Crippen molar-refractivity contribution in [3.63, 3.8) is 0 Å². The van der Waals surface area contributed by atoms with Gasteiger partial charge in [-0.25, -0.2) is 0 Å². The molecule has 114 valence electrons. The van der Waals surface area contributed by atoms with E-state index in [4.69, 9.17) is 23.2 Å². The molecule has 0 saturated heterocycles. The number of anilines is 1. The summed E-state index contributed by atoms with van der Waals surface area (Å²) in [6.45, 7) is 2.29. The molecule has 1 aliphatic rings. The fourth-order valence-electron chi connectivity index (χ4n) is 3.15. The van der Waals surface area contributed by atoms with E-state index in [1.54, 1.807) is 6.07 Å². The Morgan fingerprint density at radius 3 is 2.76 bits per heavy atom. The zero-order chi connectivity index (χ0) is 14.8. The number of benzene rings is 1. The molecular weight excluding hydrogens is 325 g/mol. The van der Waals surface area contributed by atoms with Gasteiger partial charge >= 0.3 is 0 Å². The molecule has 1 fully saturated rings. The van der Waals surface area contributed by atoms with Crippen LogP contribution in [0.15, 0.2) is 6.07 Å². The van der Waals surface area contributed by atoms with Crippen molar-refractivity contribution in [3.8, 4) is 0 Å². The Hall–Kier alpha value is -0.580. The van der Waals surface area contributed by atoms with Crippen molar-refractivity contribution in [1.29, 1.82) is 0 Å². The van der Waals surface area contributed by atoms with Crippen LogP contribution in [-0.4, -0.2) is 14.8 Å². The second-order valence-corrected chi connectivity index (χ2v) is 7.14. The molecule has 2 aromatic rings. The summed E-state index contributed by atoms with van der Waals surface area (Å²) in [5.74, 6) is 0.874. The lowest BCUT2D eigenvalue weighted by Gasteiger charge is -2.19. The van der Waals surface area contributed by atoms with E-state index in [1.807, 2.05) is 0 Å². The molecule has 3 nitrogen and oxygen atoms in total. The smallest absolute Gasteiger partial charge is 0.130 e. The van der Waals surface area contributed by atoms with Crippen LogP contribution in [0.3, 0.4) is 0 Å². The molecule has 0 aliphatic heterocycles. The Bertz CT molecular complexity index is 629. The van der Waals surface area contributed by atoms with Crippen LogP contribution in [0.4, 0.5) is 5.69 Å². The highest BCUT2D eigenvalue weighted by atomic mass is 35.5. The molecule has 2 unspecified atom stereocenters. The molecule has 0 radical (unpaired) electrons. The third kappa shape index (κ3) is 3.27. The maximum absolute atomic E-state index is 6.37. The Morgan fingerprint density at radius 1 is 1.14 bits per heavy atom. The van der Waals surface area contributed by atoms with Crippen LogP contribution in [0.1, 0.15) is 45.4 Å². The number of fused-ring (bicyclic) bond motifs is 1. The van der Waals surface area contributed by atoms with Crippen LogP contribution >= 0.6 is 34.9 Å². The van der Waals surface area contributed by atoms with Gasteiger partial charge in [0.15, 0.2) is 0 Å². The van der Waals surface area contributed by atoms with Gasteiger partial charge in [-0.1, -0.05) is 49.4 Å². The summed E-state index contributed by atoms with van der Waals surface area (Å²) in [5.41, 5.74) is 2.44. The molecule has 0 bridgehead atoms. The van der Waals surface area contributed by atoms with Gasteiger partial charge in [-0.2, -0.15) is 8.75 Å². The number of nitrogens with one attached hydrogen (secondary N) is 1. The van der Waals surface area contributed by atoms with Gasteiger partial charge in [0, 0.05) is 6.04 Å². The van der Waals surface area contributed by atoms with Crippen molar-refractivity contribution in [2.75, 3.05) is 5.32 Å². The third-order valence-corrected chi connectivity index (χ3v) is 5.57. The van der Waals surface area contributed by atoms with Crippen LogP contribution in [0, 0.1) is 5.92 Å². The van der Waals surface area contributed by atoms with Crippen LogP contribution in [0.25, 0.3) is 11.0 Å². The molecule has 1 N–H and O–H groups in total. The van der Waals surface area contributed by atoms with Gasteiger partial charge < -0.3 is 5.32 Å². The number of hydrogen-bond donors (Lipinski definition) is 1. The van der Waals surface area contributed by atoms with E-state index in [0.717, 1.165) is 22.6 Å². The van der Waals surface area contributed by atoms with Gasteiger partial charge in [0.1, 0.15) is 11.0 Å². The third-order valence-electron chi connectivity index (χ3n) is 4.46. The minimum atomic E-state index is 0.463. The fraction of sp³-hybridized carbons (Fsp3) is 0.600. The molecule has 1 saturated carbocycles. The lowest BCUT2D eigenvalue weighted by molar-refractivity contribution is 0.444. The minimum absolute atomic E-state index is 0.463. The lowest BCUT2D eigenvalue weighted by Crippen LogP contribution is -2.19. The summed E-state index contributed by atoms with van der Waals surface area (Å²) < 4.78 is 8.62. The Morgan fingerprint density at radius 2 is 1.95 bits per heavy atom. The summed E-state index contributed by atoms with van der Waals surface area (Å²) in [5, 5.41) is 4.81. The molecule has 6 heteroatoms. The average Bonchev–Trinajstić information content (AvgIpc) is 2.85. The molecule has 0 amide bonds. The summed E-state index contributed by atoms with van der Waals surface area (Å²) in [7, 11) is 0. The van der Waals surface area contributed by atoms with Crippen LogP contribution in [0.2, 0.25) is 10.0 Å². The normalized spacial score (nSPS) is 23.2. The molecular formula is C15H19Cl2N3S. The minimum Gasteiger partial charge on any atom is -0.379 e. The summed E-state index contributed by atoms with van der Waals surface area (Å²) in [4.78, 5) is 0. The van der Waals surface area contributed by atoms with Gasteiger partial charge in [-0.15, -0.1) is 0 Å². The Balaban J connectivity index is 1.83. The SMILES string of the molecule is CCC1CCCC(Nc2c(Cl)cc(Cl)c3nsnc23)CC1. The summed E-state index contributed by atoms with van der Waals surface area (Å²) in [6.07, 6.45) is 7.58. The first-order chi connectivity index (χ1) is 10.2. The van der Waals surface area contributed by atoms with Crippen molar-refractivity contribution >= 4 is 51.7 Å². The van der Waals surface area contributed by atoms with Crippen LogP contribution < -0.4 is 5.32 Å². The highest BCUT2D eigenvalue weighted by Crippen LogP contribution is 2.37. The molecule has 1 aliphatic carbocycles. The predicted molar refractivity (Wildman–Crippen MR) is 91.7 cm³/mol. The van der Waals surface area contributed by atoms with Crippen molar-refractivity contribution < 1.29 is 0 Å². The maximum atomic E-state index is 6.37. The number of halogens is 2. The van der Waals surface area contributed by atoms with E-state index in [2.05, 4.69) is 21.0 Å². The Kier molecular flexibility index (Phi) is 4.87. The summed E-state index contributed by atoms with van der Waals surface area (Å²) >= 11 is 13.7. The van der Waals surface area contributed by atoms with Crippen molar-refractivity contribution in [2.45, 2.75) is 51.5 Å².